The fourth-order valence-corrected chi connectivity index (χ4v) is 4.22. The first-order valence-electron chi connectivity index (χ1n) is 11.4. The maximum Gasteiger partial charge on any atom is 0.180 e. The minimum atomic E-state index is 0.667. The van der Waals surface area contributed by atoms with Gasteiger partial charge in [0.2, 0.25) is 0 Å². The number of hydrogen-bond acceptors (Lipinski definition) is 5. The molecule has 33 heavy (non-hydrogen) atoms. The second kappa shape index (κ2) is 9.24. The lowest BCUT2D eigenvalue weighted by molar-refractivity contribution is 0.690. The molecule has 0 saturated heterocycles. The Bertz CT molecular complexity index is 1350. The molecule has 5 rings (SSSR count). The molecule has 2 N–H and O–H groups in total. The molecule has 0 aliphatic carbocycles. The van der Waals surface area contributed by atoms with Crippen LogP contribution in [0.4, 0.5) is 5.69 Å². The Morgan fingerprint density at radius 3 is 2.52 bits per heavy atom. The number of aryl methyl sites for hydroxylation is 1. The van der Waals surface area contributed by atoms with Crippen LogP contribution in [0.15, 0.2) is 66.7 Å². The van der Waals surface area contributed by atoms with Gasteiger partial charge in [-0.1, -0.05) is 61.9 Å². The molecule has 3 aromatic carbocycles. The molecular formula is C26H27N7. The van der Waals surface area contributed by atoms with Gasteiger partial charge in [-0.3, -0.25) is 0 Å². The Morgan fingerprint density at radius 1 is 0.970 bits per heavy atom. The van der Waals surface area contributed by atoms with E-state index in [-0.39, 0.29) is 0 Å². The van der Waals surface area contributed by atoms with E-state index in [0.29, 0.717) is 5.82 Å². The maximum absolute atomic E-state index is 4.94. The molecule has 5 aromatic rings. The number of unbranched alkanes of at least 4 members (excludes halogenated alkanes) is 1. The van der Waals surface area contributed by atoms with Crippen molar-refractivity contribution in [3.8, 4) is 22.5 Å². The number of benzene rings is 3. The first kappa shape index (κ1) is 20.9. The molecule has 0 bridgehead atoms. The number of H-pyrrole nitrogens is 1. The first-order valence-corrected chi connectivity index (χ1v) is 11.4. The Balaban J connectivity index is 1.48. The van der Waals surface area contributed by atoms with E-state index in [1.807, 2.05) is 25.2 Å². The van der Waals surface area contributed by atoms with Crippen LogP contribution in [0.1, 0.15) is 31.2 Å². The van der Waals surface area contributed by atoms with Gasteiger partial charge in [0.1, 0.15) is 5.82 Å². The van der Waals surface area contributed by atoms with Crippen molar-refractivity contribution in [1.29, 1.82) is 0 Å². The highest BCUT2D eigenvalue weighted by atomic mass is 15.5. The predicted molar refractivity (Wildman–Crippen MR) is 132 cm³/mol. The summed E-state index contributed by atoms with van der Waals surface area (Å²) in [6, 6.07) is 23.3. The van der Waals surface area contributed by atoms with Crippen molar-refractivity contribution >= 4 is 16.7 Å². The number of aromatic nitrogens is 6. The van der Waals surface area contributed by atoms with Crippen LogP contribution in [0, 0.1) is 0 Å². The lowest BCUT2D eigenvalue weighted by Gasteiger charge is -2.12. The van der Waals surface area contributed by atoms with E-state index in [1.165, 1.54) is 11.1 Å². The molecule has 0 aliphatic heterocycles. The summed E-state index contributed by atoms with van der Waals surface area (Å²) in [5.74, 6) is 1.81. The average molecular weight is 438 g/mol. The summed E-state index contributed by atoms with van der Waals surface area (Å²) >= 11 is 0. The highest BCUT2D eigenvalue weighted by Gasteiger charge is 2.13. The molecule has 0 fully saturated rings. The first-order chi connectivity index (χ1) is 16.3. The molecule has 0 spiro atoms. The molecule has 0 saturated carbocycles. The van der Waals surface area contributed by atoms with Crippen LogP contribution in [-0.4, -0.2) is 37.2 Å². The fraction of sp³-hybridized carbons (Fsp3) is 0.231. The number of nitrogens with zero attached hydrogens (tertiary/aromatic N) is 5. The van der Waals surface area contributed by atoms with Gasteiger partial charge in [0.05, 0.1) is 11.0 Å². The fourth-order valence-electron chi connectivity index (χ4n) is 4.22. The Labute approximate surface area is 192 Å². The monoisotopic (exact) mass is 437 g/mol. The third-order valence-electron chi connectivity index (χ3n) is 6.00. The van der Waals surface area contributed by atoms with Gasteiger partial charge < -0.3 is 9.88 Å². The number of fused-ring (bicyclic) bond motifs is 1. The molecule has 0 atom stereocenters. The molecule has 7 nitrogen and oxygen atoms in total. The summed E-state index contributed by atoms with van der Waals surface area (Å²) in [5, 5.41) is 17.6. The number of hydrogen-bond donors (Lipinski definition) is 2. The summed E-state index contributed by atoms with van der Waals surface area (Å²) in [7, 11) is 1.95. The molecule has 0 amide bonds. The number of imidazole rings is 1. The minimum absolute atomic E-state index is 0.667. The van der Waals surface area contributed by atoms with E-state index in [9.17, 15) is 0 Å². The van der Waals surface area contributed by atoms with Gasteiger partial charge in [-0.25, -0.2) is 10.1 Å². The van der Waals surface area contributed by atoms with E-state index >= 15 is 0 Å². The molecule has 0 unspecified atom stereocenters. The lowest BCUT2D eigenvalue weighted by atomic mass is 9.98. The van der Waals surface area contributed by atoms with Crippen molar-refractivity contribution in [2.75, 3.05) is 12.4 Å². The van der Waals surface area contributed by atoms with Crippen molar-refractivity contribution in [3.05, 3.63) is 78.1 Å². The van der Waals surface area contributed by atoms with Gasteiger partial charge in [0, 0.05) is 31.3 Å². The normalized spacial score (nSPS) is 11.2. The third kappa shape index (κ3) is 4.22. The molecule has 7 heteroatoms. The van der Waals surface area contributed by atoms with E-state index in [2.05, 4.69) is 86.0 Å². The van der Waals surface area contributed by atoms with Crippen molar-refractivity contribution in [2.45, 2.75) is 32.7 Å². The van der Waals surface area contributed by atoms with Crippen LogP contribution >= 0.6 is 0 Å². The van der Waals surface area contributed by atoms with Crippen LogP contribution in [-0.2, 0) is 13.0 Å². The summed E-state index contributed by atoms with van der Waals surface area (Å²) in [6.45, 7) is 3.01. The number of nitrogens with one attached hydrogen (secondary N) is 2. The molecule has 0 radical (unpaired) electrons. The van der Waals surface area contributed by atoms with E-state index in [4.69, 9.17) is 4.98 Å². The zero-order valence-electron chi connectivity index (χ0n) is 18.9. The van der Waals surface area contributed by atoms with Crippen molar-refractivity contribution in [2.24, 2.45) is 0 Å². The number of tetrazole rings is 1. The second-order valence-electron chi connectivity index (χ2n) is 8.16. The Morgan fingerprint density at radius 2 is 1.79 bits per heavy atom. The maximum atomic E-state index is 4.94. The van der Waals surface area contributed by atoms with Gasteiger partial charge >= 0.3 is 0 Å². The molecule has 0 aliphatic rings. The van der Waals surface area contributed by atoms with Crippen molar-refractivity contribution < 1.29 is 0 Å². The smallest absolute Gasteiger partial charge is 0.180 e. The van der Waals surface area contributed by atoms with Gasteiger partial charge in [0.25, 0.3) is 0 Å². The summed E-state index contributed by atoms with van der Waals surface area (Å²) < 4.78 is 2.36. The largest absolute Gasteiger partial charge is 0.388 e. The Kier molecular flexibility index (Phi) is 5.85. The lowest BCUT2D eigenvalue weighted by Crippen LogP contribution is -2.05. The Hall–Kier alpha value is -4.00. The SMILES string of the molecule is CCCCc1nc2ccc(NC)cc2n1Cc1ccc(-c2ccccc2-c2nnn[nH]2)cc1. The van der Waals surface area contributed by atoms with E-state index in [0.717, 1.165) is 59.5 Å². The standard InChI is InChI=1S/C26H27N7/c1-3-4-9-25-28-23-15-14-20(27-2)16-24(23)33(25)17-18-10-12-19(13-11-18)21-7-5-6-8-22(21)26-29-31-32-30-26/h5-8,10-16,27H,3-4,9,17H2,1-2H3,(H,29,30,31,32). The number of rotatable bonds is 8. The third-order valence-corrected chi connectivity index (χ3v) is 6.00. The zero-order valence-corrected chi connectivity index (χ0v) is 18.9. The molecule has 2 aromatic heterocycles. The van der Waals surface area contributed by atoms with E-state index in [1.54, 1.807) is 0 Å². The van der Waals surface area contributed by atoms with Crippen molar-refractivity contribution in [3.63, 3.8) is 0 Å². The average Bonchev–Trinajstić information content (AvgIpc) is 3.51. The highest BCUT2D eigenvalue weighted by Crippen LogP contribution is 2.30. The van der Waals surface area contributed by atoms with Gasteiger partial charge in [-0.05, 0) is 51.7 Å². The molecule has 166 valence electrons. The second-order valence-corrected chi connectivity index (χ2v) is 8.16. The van der Waals surface area contributed by atoms with Gasteiger partial charge in [-0.2, -0.15) is 0 Å². The van der Waals surface area contributed by atoms with Crippen LogP contribution in [0.2, 0.25) is 0 Å². The summed E-state index contributed by atoms with van der Waals surface area (Å²) in [4.78, 5) is 4.94. The molecular weight excluding hydrogens is 410 g/mol. The quantitative estimate of drug-likeness (QED) is 0.343. The zero-order chi connectivity index (χ0) is 22.6. The van der Waals surface area contributed by atoms with Crippen molar-refractivity contribution in [1.82, 2.24) is 30.2 Å². The summed E-state index contributed by atoms with van der Waals surface area (Å²) in [5.41, 5.74) is 7.76. The van der Waals surface area contributed by atoms with Gasteiger partial charge in [0.15, 0.2) is 5.82 Å². The summed E-state index contributed by atoms with van der Waals surface area (Å²) in [6.07, 6.45) is 3.27. The van der Waals surface area contributed by atoms with Crippen LogP contribution in [0.5, 0.6) is 0 Å². The molecule has 2 heterocycles. The van der Waals surface area contributed by atoms with Crippen LogP contribution < -0.4 is 5.32 Å². The van der Waals surface area contributed by atoms with Crippen LogP contribution in [0.25, 0.3) is 33.5 Å². The topological polar surface area (TPSA) is 84.3 Å². The van der Waals surface area contributed by atoms with Gasteiger partial charge in [-0.15, -0.1) is 5.10 Å². The van der Waals surface area contributed by atoms with E-state index < -0.39 is 0 Å². The predicted octanol–water partition coefficient (Wildman–Crippen LogP) is 5.32. The number of anilines is 1. The minimum Gasteiger partial charge on any atom is -0.388 e. The highest BCUT2D eigenvalue weighted by molar-refractivity contribution is 5.81. The number of aromatic amines is 1. The van der Waals surface area contributed by atoms with Crippen LogP contribution in [0.3, 0.4) is 0 Å².